The standard InChI is InChI=1S/C19H25N5O2/c1-14-20-17(26-22-14)16-12-24(13-19(16)8-10-23(2)11-9-19)18(25)21-15-6-4-3-5-7-15/h3-7,16H,8-13H2,1-2H3,(H,21,25)/t16-/m0/s1. The molecule has 2 fully saturated rings. The fourth-order valence-corrected chi connectivity index (χ4v) is 4.21. The van der Waals surface area contributed by atoms with E-state index in [1.54, 1.807) is 0 Å². The Balaban J connectivity index is 1.56. The fraction of sp³-hybridized carbons (Fsp3) is 0.526. The number of hydrogen-bond acceptors (Lipinski definition) is 5. The summed E-state index contributed by atoms with van der Waals surface area (Å²) in [5.74, 6) is 1.41. The molecule has 2 saturated heterocycles. The van der Waals surface area contributed by atoms with Gasteiger partial charge in [-0.1, -0.05) is 23.4 Å². The topological polar surface area (TPSA) is 74.5 Å². The smallest absolute Gasteiger partial charge is 0.321 e. The van der Waals surface area contributed by atoms with Gasteiger partial charge in [-0.05, 0) is 52.0 Å². The number of carbonyl (C=O) groups is 1. The summed E-state index contributed by atoms with van der Waals surface area (Å²) in [6.07, 6.45) is 2.06. The number of nitrogens with one attached hydrogen (secondary N) is 1. The predicted octanol–water partition coefficient (Wildman–Crippen LogP) is 2.72. The van der Waals surface area contributed by atoms with Crippen molar-refractivity contribution in [1.82, 2.24) is 19.9 Å². The molecule has 7 heteroatoms. The molecule has 1 spiro atoms. The lowest BCUT2D eigenvalue weighted by molar-refractivity contribution is 0.106. The van der Waals surface area contributed by atoms with Gasteiger partial charge in [0.15, 0.2) is 5.82 Å². The van der Waals surface area contributed by atoms with E-state index in [4.69, 9.17) is 4.52 Å². The molecule has 0 radical (unpaired) electrons. The van der Waals surface area contributed by atoms with Crippen LogP contribution < -0.4 is 5.32 Å². The zero-order valence-corrected chi connectivity index (χ0v) is 15.3. The van der Waals surface area contributed by atoms with E-state index in [-0.39, 0.29) is 17.4 Å². The van der Waals surface area contributed by atoms with Crippen molar-refractivity contribution in [1.29, 1.82) is 0 Å². The molecule has 1 N–H and O–H groups in total. The van der Waals surface area contributed by atoms with Gasteiger partial charge in [-0.25, -0.2) is 4.79 Å². The minimum absolute atomic E-state index is 0.0134. The van der Waals surface area contributed by atoms with Crippen molar-refractivity contribution in [2.24, 2.45) is 5.41 Å². The van der Waals surface area contributed by atoms with E-state index in [0.29, 0.717) is 18.3 Å². The summed E-state index contributed by atoms with van der Waals surface area (Å²) in [6, 6.07) is 9.52. The SMILES string of the molecule is Cc1noc([C@@H]2CN(C(=O)Nc3ccccc3)CC23CCN(C)CC3)n1. The van der Waals surface area contributed by atoms with E-state index >= 15 is 0 Å². The number of carbonyl (C=O) groups excluding carboxylic acids is 1. The molecule has 2 aliphatic rings. The number of hydrogen-bond donors (Lipinski definition) is 1. The average molecular weight is 355 g/mol. The molecule has 7 nitrogen and oxygen atoms in total. The van der Waals surface area contributed by atoms with Gasteiger partial charge in [0, 0.05) is 24.2 Å². The number of benzene rings is 1. The first-order chi connectivity index (χ1) is 12.6. The molecule has 3 heterocycles. The van der Waals surface area contributed by atoms with Crippen molar-refractivity contribution >= 4 is 11.7 Å². The molecule has 2 amide bonds. The van der Waals surface area contributed by atoms with Crippen LogP contribution in [-0.2, 0) is 0 Å². The highest BCUT2D eigenvalue weighted by atomic mass is 16.5. The first-order valence-corrected chi connectivity index (χ1v) is 9.15. The second kappa shape index (κ2) is 6.72. The molecule has 2 aromatic rings. The number of piperidine rings is 1. The van der Waals surface area contributed by atoms with Crippen molar-refractivity contribution in [2.75, 3.05) is 38.5 Å². The van der Waals surface area contributed by atoms with E-state index < -0.39 is 0 Å². The molecule has 2 aliphatic heterocycles. The van der Waals surface area contributed by atoms with Crippen LogP contribution in [0.2, 0.25) is 0 Å². The molecular formula is C19H25N5O2. The van der Waals surface area contributed by atoms with Gasteiger partial charge in [0.2, 0.25) is 5.89 Å². The van der Waals surface area contributed by atoms with Gasteiger partial charge >= 0.3 is 6.03 Å². The fourth-order valence-electron chi connectivity index (χ4n) is 4.21. The summed E-state index contributed by atoms with van der Waals surface area (Å²) in [4.78, 5) is 21.6. The van der Waals surface area contributed by atoms with Crippen molar-refractivity contribution in [3.63, 3.8) is 0 Å². The molecule has 1 aromatic heterocycles. The van der Waals surface area contributed by atoms with Crippen LogP contribution in [0.5, 0.6) is 0 Å². The summed E-state index contributed by atoms with van der Waals surface area (Å²) in [7, 11) is 2.15. The maximum absolute atomic E-state index is 12.8. The van der Waals surface area contributed by atoms with E-state index in [9.17, 15) is 4.79 Å². The normalized spacial score (nSPS) is 22.7. The van der Waals surface area contributed by atoms with Crippen LogP contribution >= 0.6 is 0 Å². The van der Waals surface area contributed by atoms with Gasteiger partial charge in [-0.3, -0.25) is 0 Å². The Kier molecular flexibility index (Phi) is 4.40. The number of amides is 2. The minimum atomic E-state index is -0.0618. The molecule has 138 valence electrons. The Bertz CT molecular complexity index is 767. The van der Waals surface area contributed by atoms with E-state index in [0.717, 1.165) is 38.2 Å². The quantitative estimate of drug-likeness (QED) is 0.896. The lowest BCUT2D eigenvalue weighted by Crippen LogP contribution is -2.43. The van der Waals surface area contributed by atoms with E-state index in [1.165, 1.54) is 0 Å². The number of anilines is 1. The van der Waals surface area contributed by atoms with Gasteiger partial charge in [0.1, 0.15) is 0 Å². The number of para-hydroxylation sites is 1. The van der Waals surface area contributed by atoms with Crippen molar-refractivity contribution in [2.45, 2.75) is 25.7 Å². The van der Waals surface area contributed by atoms with Crippen LogP contribution in [0.4, 0.5) is 10.5 Å². The Hall–Kier alpha value is -2.41. The second-order valence-corrected chi connectivity index (χ2v) is 7.57. The van der Waals surface area contributed by atoms with Gasteiger partial charge in [0.05, 0.1) is 5.92 Å². The van der Waals surface area contributed by atoms with E-state index in [1.807, 2.05) is 42.2 Å². The van der Waals surface area contributed by atoms with Gasteiger partial charge < -0.3 is 19.6 Å². The molecule has 0 saturated carbocycles. The highest BCUT2D eigenvalue weighted by Crippen LogP contribution is 2.49. The maximum atomic E-state index is 12.8. The zero-order chi connectivity index (χ0) is 18.1. The third kappa shape index (κ3) is 3.19. The zero-order valence-electron chi connectivity index (χ0n) is 15.3. The Labute approximate surface area is 153 Å². The summed E-state index contributed by atoms with van der Waals surface area (Å²) in [6.45, 7) is 5.23. The summed E-state index contributed by atoms with van der Waals surface area (Å²) in [5, 5.41) is 6.98. The molecule has 1 aromatic carbocycles. The molecule has 4 rings (SSSR count). The molecule has 1 atom stereocenters. The molecule has 0 unspecified atom stereocenters. The first kappa shape index (κ1) is 17.0. The lowest BCUT2D eigenvalue weighted by Gasteiger charge is -2.40. The van der Waals surface area contributed by atoms with Crippen LogP contribution in [0, 0.1) is 12.3 Å². The Morgan fingerprint density at radius 2 is 2.00 bits per heavy atom. The Morgan fingerprint density at radius 3 is 2.65 bits per heavy atom. The Morgan fingerprint density at radius 1 is 1.27 bits per heavy atom. The second-order valence-electron chi connectivity index (χ2n) is 7.57. The third-order valence-corrected chi connectivity index (χ3v) is 5.78. The van der Waals surface area contributed by atoms with Crippen LogP contribution in [0.3, 0.4) is 0 Å². The molecule has 0 aliphatic carbocycles. The molecule has 0 bridgehead atoms. The van der Waals surface area contributed by atoms with Gasteiger partial charge in [-0.15, -0.1) is 0 Å². The lowest BCUT2D eigenvalue weighted by atomic mass is 9.71. The number of aromatic nitrogens is 2. The van der Waals surface area contributed by atoms with Crippen LogP contribution in [0.25, 0.3) is 0 Å². The predicted molar refractivity (Wildman–Crippen MR) is 98.0 cm³/mol. The highest BCUT2D eigenvalue weighted by Gasteiger charge is 2.51. The number of nitrogens with zero attached hydrogens (tertiary/aromatic N) is 4. The molecule has 26 heavy (non-hydrogen) atoms. The highest BCUT2D eigenvalue weighted by molar-refractivity contribution is 5.89. The number of likely N-dealkylation sites (tertiary alicyclic amines) is 2. The maximum Gasteiger partial charge on any atom is 0.321 e. The number of rotatable bonds is 2. The first-order valence-electron chi connectivity index (χ1n) is 9.15. The summed E-state index contributed by atoms with van der Waals surface area (Å²) in [5.41, 5.74) is 0.825. The number of aryl methyl sites for hydroxylation is 1. The van der Waals surface area contributed by atoms with Crippen molar-refractivity contribution in [3.8, 4) is 0 Å². The van der Waals surface area contributed by atoms with Gasteiger partial charge in [-0.2, -0.15) is 4.98 Å². The van der Waals surface area contributed by atoms with Crippen molar-refractivity contribution in [3.05, 3.63) is 42.0 Å². The monoisotopic (exact) mass is 355 g/mol. The average Bonchev–Trinajstić information content (AvgIpc) is 3.23. The molecular weight excluding hydrogens is 330 g/mol. The van der Waals surface area contributed by atoms with Crippen molar-refractivity contribution < 1.29 is 9.32 Å². The van der Waals surface area contributed by atoms with Crippen LogP contribution in [0.15, 0.2) is 34.9 Å². The summed E-state index contributed by atoms with van der Waals surface area (Å²) >= 11 is 0. The van der Waals surface area contributed by atoms with E-state index in [2.05, 4.69) is 27.4 Å². The van der Waals surface area contributed by atoms with Crippen LogP contribution in [0.1, 0.15) is 30.5 Å². The number of urea groups is 1. The minimum Gasteiger partial charge on any atom is -0.339 e. The van der Waals surface area contributed by atoms with Gasteiger partial charge in [0.25, 0.3) is 0 Å². The summed E-state index contributed by atoms with van der Waals surface area (Å²) < 4.78 is 5.52. The van der Waals surface area contributed by atoms with Crippen LogP contribution in [-0.4, -0.2) is 59.2 Å². The largest absolute Gasteiger partial charge is 0.339 e. The third-order valence-electron chi connectivity index (χ3n) is 5.78.